The molecule has 1 amide bonds. The Labute approximate surface area is 183 Å². The highest BCUT2D eigenvalue weighted by Gasteiger charge is 2.16. The molecule has 4 aromatic rings. The number of nitrogens with one attached hydrogen (secondary N) is 1. The van der Waals surface area contributed by atoms with Crippen LogP contribution in [-0.2, 0) is 11.2 Å². The van der Waals surface area contributed by atoms with Crippen molar-refractivity contribution in [2.24, 2.45) is 0 Å². The summed E-state index contributed by atoms with van der Waals surface area (Å²) in [7, 11) is 0. The summed E-state index contributed by atoms with van der Waals surface area (Å²) in [6.45, 7) is 0. The fourth-order valence-corrected chi connectivity index (χ4v) is 3.61. The second kappa shape index (κ2) is 8.98. The van der Waals surface area contributed by atoms with Crippen molar-refractivity contribution in [3.8, 4) is 11.1 Å². The molecule has 0 atom stereocenters. The molecule has 0 aliphatic carbocycles. The maximum atomic E-state index is 14.4. The van der Waals surface area contributed by atoms with Crippen LogP contribution in [0.4, 0.5) is 14.5 Å². The van der Waals surface area contributed by atoms with Gasteiger partial charge in [-0.2, -0.15) is 0 Å². The van der Waals surface area contributed by atoms with Crippen LogP contribution in [0.1, 0.15) is 22.3 Å². The standard InChI is InChI=1S/C26H19F2NO3/c27-22-8-4-3-7-20(22)18-14-17-5-1-2-6-19(17)21(15-18)26(32)29-24-13-16(9-11-23(24)28)10-12-25(30)31/h1-9,11,13-15H,10,12H2,(H,29,32)(H,30,31). The Hall–Kier alpha value is -4.06. The quantitative estimate of drug-likeness (QED) is 0.390. The molecule has 4 rings (SSSR count). The highest BCUT2D eigenvalue weighted by atomic mass is 19.1. The number of halogens is 2. The van der Waals surface area contributed by atoms with Gasteiger partial charge in [0.2, 0.25) is 0 Å². The third kappa shape index (κ3) is 4.49. The molecule has 4 nitrogen and oxygen atoms in total. The molecule has 160 valence electrons. The number of anilines is 1. The Morgan fingerprint density at radius 1 is 0.844 bits per heavy atom. The van der Waals surface area contributed by atoms with Crippen molar-refractivity contribution < 1.29 is 23.5 Å². The van der Waals surface area contributed by atoms with Gasteiger partial charge in [-0.15, -0.1) is 0 Å². The summed E-state index contributed by atoms with van der Waals surface area (Å²) in [6, 6.07) is 21.0. The molecular formula is C26H19F2NO3. The number of fused-ring (bicyclic) bond motifs is 1. The predicted molar refractivity (Wildman–Crippen MR) is 120 cm³/mol. The zero-order valence-electron chi connectivity index (χ0n) is 16.9. The molecule has 0 aromatic heterocycles. The molecule has 32 heavy (non-hydrogen) atoms. The van der Waals surface area contributed by atoms with E-state index < -0.39 is 23.5 Å². The predicted octanol–water partition coefficient (Wildman–Crippen LogP) is 6.05. The Morgan fingerprint density at radius 2 is 1.59 bits per heavy atom. The minimum atomic E-state index is -0.962. The average Bonchev–Trinajstić information content (AvgIpc) is 2.79. The maximum absolute atomic E-state index is 14.4. The normalized spacial score (nSPS) is 10.8. The highest BCUT2D eigenvalue weighted by molar-refractivity contribution is 6.14. The second-order valence-corrected chi connectivity index (χ2v) is 7.39. The Balaban J connectivity index is 1.73. The zero-order valence-corrected chi connectivity index (χ0v) is 16.9. The van der Waals surface area contributed by atoms with Crippen LogP contribution in [0.25, 0.3) is 21.9 Å². The number of carbonyl (C=O) groups excluding carboxylic acids is 1. The van der Waals surface area contributed by atoms with Crippen molar-refractivity contribution in [3.05, 3.63) is 102 Å². The number of hydrogen-bond acceptors (Lipinski definition) is 2. The molecule has 0 heterocycles. The van der Waals surface area contributed by atoms with Gasteiger partial charge in [0.05, 0.1) is 5.69 Å². The molecule has 4 aromatic carbocycles. The molecule has 0 unspecified atom stereocenters. The number of benzene rings is 4. The van der Waals surface area contributed by atoms with Crippen molar-refractivity contribution in [1.82, 2.24) is 0 Å². The van der Waals surface area contributed by atoms with Gasteiger partial charge in [0.1, 0.15) is 11.6 Å². The van der Waals surface area contributed by atoms with E-state index in [9.17, 15) is 18.4 Å². The first kappa shape index (κ1) is 21.2. The zero-order chi connectivity index (χ0) is 22.7. The number of carboxylic acids is 1. The van der Waals surface area contributed by atoms with Gasteiger partial charge in [-0.3, -0.25) is 9.59 Å². The minimum absolute atomic E-state index is 0.0433. The van der Waals surface area contributed by atoms with E-state index in [2.05, 4.69) is 5.32 Å². The summed E-state index contributed by atoms with van der Waals surface area (Å²) in [5.41, 5.74) is 1.71. The average molecular weight is 431 g/mol. The summed E-state index contributed by atoms with van der Waals surface area (Å²) in [5.74, 6) is -2.55. The van der Waals surface area contributed by atoms with Crippen molar-refractivity contribution in [2.75, 3.05) is 5.32 Å². The van der Waals surface area contributed by atoms with E-state index in [1.165, 1.54) is 24.3 Å². The smallest absolute Gasteiger partial charge is 0.303 e. The molecule has 0 aliphatic rings. The Bertz CT molecular complexity index is 1330. The minimum Gasteiger partial charge on any atom is -0.481 e. The number of carbonyl (C=O) groups is 2. The van der Waals surface area contributed by atoms with Gasteiger partial charge in [-0.1, -0.05) is 48.5 Å². The highest BCUT2D eigenvalue weighted by Crippen LogP contribution is 2.30. The molecule has 2 N–H and O–H groups in total. The topological polar surface area (TPSA) is 66.4 Å². The summed E-state index contributed by atoms with van der Waals surface area (Å²) in [4.78, 5) is 24.0. The lowest BCUT2D eigenvalue weighted by atomic mass is 9.96. The Morgan fingerprint density at radius 3 is 2.38 bits per heavy atom. The number of rotatable bonds is 6. The van der Waals surface area contributed by atoms with Gasteiger partial charge in [0.25, 0.3) is 5.91 Å². The van der Waals surface area contributed by atoms with E-state index in [0.717, 1.165) is 5.39 Å². The van der Waals surface area contributed by atoms with Crippen LogP contribution in [0.3, 0.4) is 0 Å². The van der Waals surface area contributed by atoms with E-state index in [0.29, 0.717) is 22.1 Å². The van der Waals surface area contributed by atoms with Gasteiger partial charge in [-0.25, -0.2) is 8.78 Å². The largest absolute Gasteiger partial charge is 0.481 e. The lowest BCUT2D eigenvalue weighted by Gasteiger charge is -2.13. The fraction of sp³-hybridized carbons (Fsp3) is 0.0769. The van der Waals surface area contributed by atoms with Crippen LogP contribution in [0, 0.1) is 11.6 Å². The summed E-state index contributed by atoms with van der Waals surface area (Å²) in [6.07, 6.45) is 0.110. The number of hydrogen-bond donors (Lipinski definition) is 2. The van der Waals surface area contributed by atoms with Crippen molar-refractivity contribution in [3.63, 3.8) is 0 Å². The van der Waals surface area contributed by atoms with E-state index in [-0.39, 0.29) is 24.1 Å². The molecule has 0 bridgehead atoms. The van der Waals surface area contributed by atoms with E-state index >= 15 is 0 Å². The maximum Gasteiger partial charge on any atom is 0.303 e. The number of aliphatic carboxylic acids is 1. The third-order valence-electron chi connectivity index (χ3n) is 5.20. The molecular weight excluding hydrogens is 412 g/mol. The van der Waals surface area contributed by atoms with Crippen LogP contribution in [0.15, 0.2) is 78.9 Å². The summed E-state index contributed by atoms with van der Waals surface area (Å²) >= 11 is 0. The summed E-state index contributed by atoms with van der Waals surface area (Å²) in [5, 5.41) is 12.8. The molecule has 0 spiro atoms. The van der Waals surface area contributed by atoms with Gasteiger partial charge >= 0.3 is 5.97 Å². The first-order valence-corrected chi connectivity index (χ1v) is 10.0. The van der Waals surface area contributed by atoms with Crippen molar-refractivity contribution >= 4 is 28.3 Å². The first-order chi connectivity index (χ1) is 15.4. The van der Waals surface area contributed by atoms with Crippen LogP contribution in [0.5, 0.6) is 0 Å². The van der Waals surface area contributed by atoms with Crippen LogP contribution in [0.2, 0.25) is 0 Å². The lowest BCUT2D eigenvalue weighted by molar-refractivity contribution is -0.136. The molecule has 0 saturated carbocycles. The van der Waals surface area contributed by atoms with Gasteiger partial charge in [0.15, 0.2) is 0 Å². The first-order valence-electron chi connectivity index (χ1n) is 10.0. The summed E-state index contributed by atoms with van der Waals surface area (Å²) < 4.78 is 28.8. The molecule has 0 radical (unpaired) electrons. The van der Waals surface area contributed by atoms with Gasteiger partial charge in [0, 0.05) is 17.5 Å². The van der Waals surface area contributed by atoms with Crippen molar-refractivity contribution in [2.45, 2.75) is 12.8 Å². The SMILES string of the molecule is O=C(O)CCc1ccc(F)c(NC(=O)c2cc(-c3ccccc3F)cc3ccccc23)c1. The van der Waals surface area contributed by atoms with Gasteiger partial charge in [-0.05, 0) is 58.7 Å². The lowest BCUT2D eigenvalue weighted by Crippen LogP contribution is -2.14. The van der Waals surface area contributed by atoms with E-state index in [1.807, 2.05) is 12.1 Å². The molecule has 0 fully saturated rings. The molecule has 0 aliphatic heterocycles. The second-order valence-electron chi connectivity index (χ2n) is 7.39. The monoisotopic (exact) mass is 431 g/mol. The molecule has 6 heteroatoms. The van der Waals surface area contributed by atoms with Crippen LogP contribution >= 0.6 is 0 Å². The van der Waals surface area contributed by atoms with Crippen molar-refractivity contribution in [1.29, 1.82) is 0 Å². The number of amides is 1. The van der Waals surface area contributed by atoms with E-state index in [1.54, 1.807) is 42.5 Å². The number of carboxylic acid groups (broad SMARTS) is 1. The Kier molecular flexibility index (Phi) is 5.94. The van der Waals surface area contributed by atoms with E-state index in [4.69, 9.17) is 5.11 Å². The van der Waals surface area contributed by atoms with Crippen LogP contribution < -0.4 is 5.32 Å². The van der Waals surface area contributed by atoms with Gasteiger partial charge < -0.3 is 10.4 Å². The fourth-order valence-electron chi connectivity index (χ4n) is 3.61. The number of aryl methyl sites for hydroxylation is 1. The third-order valence-corrected chi connectivity index (χ3v) is 5.20. The van der Waals surface area contributed by atoms with Crippen LogP contribution in [-0.4, -0.2) is 17.0 Å². The molecule has 0 saturated heterocycles.